The summed E-state index contributed by atoms with van der Waals surface area (Å²) in [4.78, 5) is 38.1. The molecule has 0 aromatic heterocycles. The molecule has 8 heteroatoms. The lowest BCUT2D eigenvalue weighted by Gasteiger charge is -2.62. The molecule has 5 aliphatic rings. The van der Waals surface area contributed by atoms with Gasteiger partial charge < -0.3 is 19.3 Å². The normalized spacial score (nSPS) is 46.5. The predicted octanol–water partition coefficient (Wildman–Crippen LogP) is 3.63. The van der Waals surface area contributed by atoms with Gasteiger partial charge in [0, 0.05) is 16.7 Å². The van der Waals surface area contributed by atoms with Crippen LogP contribution in [-0.2, 0) is 28.6 Å². The van der Waals surface area contributed by atoms with Gasteiger partial charge in [0.2, 0.25) is 5.78 Å². The average molecular weight is 505 g/mol. The van der Waals surface area contributed by atoms with Crippen molar-refractivity contribution in [3.8, 4) is 0 Å². The SMILES string of the molecule is CC(C)C(=O)OCC(=O)[C@@]12OC(C)(C)O[C@@H]1C[C@H]1[C@@H]3CCC4=CC(=O)C=C[C@]4(C)C3(F)[C@@H](O)C[C@@]12C. The number of esters is 1. The van der Waals surface area contributed by atoms with Crippen LogP contribution in [0.3, 0.4) is 0 Å². The van der Waals surface area contributed by atoms with Gasteiger partial charge >= 0.3 is 5.97 Å². The third-order valence-corrected chi connectivity index (χ3v) is 9.87. The van der Waals surface area contributed by atoms with Gasteiger partial charge in [-0.15, -0.1) is 0 Å². The Kier molecular flexibility index (Phi) is 5.58. The van der Waals surface area contributed by atoms with Crippen molar-refractivity contribution in [2.24, 2.45) is 28.6 Å². The van der Waals surface area contributed by atoms with Gasteiger partial charge in [0.15, 0.2) is 29.4 Å². The molecule has 7 nitrogen and oxygen atoms in total. The molecule has 5 rings (SSSR count). The van der Waals surface area contributed by atoms with Crippen LogP contribution >= 0.6 is 0 Å². The molecule has 1 saturated heterocycles. The van der Waals surface area contributed by atoms with Gasteiger partial charge in [0.1, 0.15) is 0 Å². The Balaban J connectivity index is 1.56. The number of aliphatic hydroxyl groups is 1. The van der Waals surface area contributed by atoms with E-state index in [2.05, 4.69) is 0 Å². The molecule has 1 aliphatic heterocycles. The fraction of sp³-hybridized carbons (Fsp3) is 0.750. The van der Waals surface area contributed by atoms with E-state index < -0.39 is 64.4 Å². The molecular weight excluding hydrogens is 467 g/mol. The molecule has 8 atom stereocenters. The first-order valence-electron chi connectivity index (χ1n) is 13.0. The first-order chi connectivity index (χ1) is 16.6. The van der Waals surface area contributed by atoms with Crippen molar-refractivity contribution in [2.45, 2.75) is 96.5 Å². The minimum absolute atomic E-state index is 0.0187. The number of hydrogen-bond donors (Lipinski definition) is 1. The number of Topliss-reactive ketones (excluding diaryl/α,β-unsaturated/α-hetero) is 1. The van der Waals surface area contributed by atoms with Crippen LogP contribution in [0, 0.1) is 28.6 Å². The van der Waals surface area contributed by atoms with Crippen molar-refractivity contribution in [2.75, 3.05) is 6.61 Å². The quantitative estimate of drug-likeness (QED) is 0.584. The van der Waals surface area contributed by atoms with Crippen LogP contribution in [0.15, 0.2) is 23.8 Å². The van der Waals surface area contributed by atoms with Crippen LogP contribution in [0.4, 0.5) is 4.39 Å². The minimum Gasteiger partial charge on any atom is -0.457 e. The Morgan fingerprint density at radius 1 is 1.22 bits per heavy atom. The van der Waals surface area contributed by atoms with Crippen molar-refractivity contribution >= 4 is 17.5 Å². The number of carbonyl (C=O) groups excluding carboxylic acids is 3. The second-order valence-corrected chi connectivity index (χ2v) is 12.5. The number of carbonyl (C=O) groups is 3. The Bertz CT molecular complexity index is 1080. The van der Waals surface area contributed by atoms with Crippen LogP contribution in [0.1, 0.15) is 67.2 Å². The highest BCUT2D eigenvalue weighted by atomic mass is 19.1. The smallest absolute Gasteiger partial charge is 0.308 e. The van der Waals surface area contributed by atoms with E-state index in [1.165, 1.54) is 12.2 Å². The number of aliphatic hydroxyl groups excluding tert-OH is 1. The number of rotatable bonds is 4. The van der Waals surface area contributed by atoms with Crippen molar-refractivity contribution in [3.05, 3.63) is 23.8 Å². The molecule has 0 amide bonds. The molecule has 1 N–H and O–H groups in total. The molecular formula is C28H37FO7. The minimum atomic E-state index is -2.01. The molecule has 36 heavy (non-hydrogen) atoms. The summed E-state index contributed by atoms with van der Waals surface area (Å²) in [5.74, 6) is -3.41. The third kappa shape index (κ3) is 3.10. The Morgan fingerprint density at radius 3 is 2.58 bits per heavy atom. The standard InChI is InChI=1S/C28H37FO7/c1-15(2)23(33)34-14-21(32)28-22(35-24(3,4)36-28)12-19-18-8-7-16-11-17(30)9-10-25(16,5)27(18,29)20(31)13-26(19,28)6/h9-11,15,18-20,22,31H,7-8,12-14H2,1-6H3/t18-,19-,20-,22+,25-,26-,27?,28+/m0/s1. The molecule has 1 heterocycles. The fourth-order valence-corrected chi connectivity index (χ4v) is 8.22. The number of hydrogen-bond acceptors (Lipinski definition) is 7. The molecule has 4 fully saturated rings. The van der Waals surface area contributed by atoms with E-state index in [0.717, 1.165) is 0 Å². The molecule has 0 bridgehead atoms. The molecule has 3 saturated carbocycles. The van der Waals surface area contributed by atoms with Gasteiger partial charge in [0.25, 0.3) is 0 Å². The highest BCUT2D eigenvalue weighted by Crippen LogP contribution is 2.72. The van der Waals surface area contributed by atoms with E-state index >= 15 is 4.39 Å². The van der Waals surface area contributed by atoms with Crippen molar-refractivity contribution in [3.63, 3.8) is 0 Å². The highest BCUT2D eigenvalue weighted by molar-refractivity contribution is 6.01. The maximum atomic E-state index is 17.4. The van der Waals surface area contributed by atoms with E-state index in [4.69, 9.17) is 14.2 Å². The average Bonchev–Trinajstić information content (AvgIpc) is 3.19. The van der Waals surface area contributed by atoms with Crippen LogP contribution in [0.25, 0.3) is 0 Å². The van der Waals surface area contributed by atoms with Crippen LogP contribution < -0.4 is 0 Å². The number of fused-ring (bicyclic) bond motifs is 7. The summed E-state index contributed by atoms with van der Waals surface area (Å²) in [6.45, 7) is 10.0. The van der Waals surface area contributed by atoms with Gasteiger partial charge in [-0.1, -0.05) is 32.4 Å². The topological polar surface area (TPSA) is 99.1 Å². The van der Waals surface area contributed by atoms with Crippen LogP contribution in [0.2, 0.25) is 0 Å². The number of alkyl halides is 1. The molecule has 1 unspecified atom stereocenters. The van der Waals surface area contributed by atoms with E-state index in [0.29, 0.717) is 24.8 Å². The Morgan fingerprint density at radius 2 is 1.92 bits per heavy atom. The summed E-state index contributed by atoms with van der Waals surface area (Å²) in [5.41, 5.74) is -4.85. The van der Waals surface area contributed by atoms with E-state index in [1.54, 1.807) is 40.7 Å². The summed E-state index contributed by atoms with van der Waals surface area (Å²) >= 11 is 0. The lowest BCUT2D eigenvalue weighted by molar-refractivity contribution is -0.246. The number of allylic oxidation sites excluding steroid dienone is 4. The summed E-state index contributed by atoms with van der Waals surface area (Å²) in [5, 5.41) is 11.6. The van der Waals surface area contributed by atoms with Crippen molar-refractivity contribution < 1.29 is 38.1 Å². The zero-order valence-corrected chi connectivity index (χ0v) is 21.9. The van der Waals surface area contributed by atoms with Crippen molar-refractivity contribution in [1.29, 1.82) is 0 Å². The summed E-state index contributed by atoms with van der Waals surface area (Å²) in [6, 6.07) is 0. The van der Waals surface area contributed by atoms with Crippen molar-refractivity contribution in [1.82, 2.24) is 0 Å². The monoisotopic (exact) mass is 504 g/mol. The summed E-state index contributed by atoms with van der Waals surface area (Å²) in [7, 11) is 0. The zero-order chi connectivity index (χ0) is 26.5. The summed E-state index contributed by atoms with van der Waals surface area (Å²) in [6.07, 6.45) is 3.80. The lowest BCUT2D eigenvalue weighted by atomic mass is 9.44. The first-order valence-corrected chi connectivity index (χ1v) is 13.0. The summed E-state index contributed by atoms with van der Waals surface area (Å²) < 4.78 is 35.4. The molecule has 0 radical (unpaired) electrons. The third-order valence-electron chi connectivity index (χ3n) is 9.87. The highest BCUT2D eigenvalue weighted by Gasteiger charge is 2.80. The largest absolute Gasteiger partial charge is 0.457 e. The zero-order valence-electron chi connectivity index (χ0n) is 21.9. The number of halogens is 1. The molecule has 0 aromatic rings. The molecule has 0 spiro atoms. The molecule has 0 aromatic carbocycles. The van der Waals surface area contributed by atoms with Crippen LogP contribution in [-0.4, -0.2) is 58.5 Å². The molecule has 198 valence electrons. The number of ketones is 2. The Labute approximate surface area is 211 Å². The van der Waals surface area contributed by atoms with E-state index in [9.17, 15) is 19.5 Å². The first kappa shape index (κ1) is 25.7. The van der Waals surface area contributed by atoms with Crippen LogP contribution in [0.5, 0.6) is 0 Å². The van der Waals surface area contributed by atoms with Gasteiger partial charge in [-0.3, -0.25) is 14.4 Å². The maximum absolute atomic E-state index is 17.4. The second-order valence-electron chi connectivity index (χ2n) is 12.5. The van der Waals surface area contributed by atoms with Gasteiger partial charge in [0.05, 0.1) is 18.1 Å². The van der Waals surface area contributed by atoms with Gasteiger partial charge in [-0.05, 0) is 64.5 Å². The van der Waals surface area contributed by atoms with E-state index in [-0.39, 0.29) is 24.0 Å². The maximum Gasteiger partial charge on any atom is 0.308 e. The Hall–Kier alpha value is -1.90. The predicted molar refractivity (Wildman–Crippen MR) is 127 cm³/mol. The fourth-order valence-electron chi connectivity index (χ4n) is 8.22. The second kappa shape index (κ2) is 7.81. The lowest BCUT2D eigenvalue weighted by Crippen LogP contribution is -2.70. The molecule has 4 aliphatic carbocycles. The van der Waals surface area contributed by atoms with Gasteiger partial charge in [-0.25, -0.2) is 4.39 Å². The van der Waals surface area contributed by atoms with Gasteiger partial charge in [-0.2, -0.15) is 0 Å². The number of ether oxygens (including phenoxy) is 3. The van der Waals surface area contributed by atoms with E-state index in [1.807, 2.05) is 6.92 Å².